The summed E-state index contributed by atoms with van der Waals surface area (Å²) in [6.07, 6.45) is 3.62. The summed E-state index contributed by atoms with van der Waals surface area (Å²) in [7, 11) is 1.75. The van der Waals surface area contributed by atoms with Gasteiger partial charge in [0.25, 0.3) is 5.91 Å². The molecule has 9 heteroatoms. The second-order valence-corrected chi connectivity index (χ2v) is 6.67. The Labute approximate surface area is 166 Å². The second-order valence-electron chi connectivity index (χ2n) is 6.23. The van der Waals surface area contributed by atoms with E-state index in [0.29, 0.717) is 45.1 Å². The van der Waals surface area contributed by atoms with Crippen LogP contribution in [0.25, 0.3) is 11.2 Å². The van der Waals surface area contributed by atoms with E-state index < -0.39 is 0 Å². The van der Waals surface area contributed by atoms with E-state index in [1.807, 2.05) is 6.92 Å². The van der Waals surface area contributed by atoms with Crippen LogP contribution in [0.2, 0.25) is 5.02 Å². The van der Waals surface area contributed by atoms with Gasteiger partial charge < -0.3 is 20.7 Å². The highest BCUT2D eigenvalue weighted by atomic mass is 35.5. The van der Waals surface area contributed by atoms with Crippen LogP contribution in [0.4, 0.5) is 5.69 Å². The van der Waals surface area contributed by atoms with E-state index in [1.165, 1.54) is 12.4 Å². The highest BCUT2D eigenvalue weighted by molar-refractivity contribution is 6.31. The first-order valence-corrected chi connectivity index (χ1v) is 9.18. The molecular weight excluding hydrogens is 380 g/mol. The zero-order chi connectivity index (χ0) is 20.3. The molecule has 0 fully saturated rings. The summed E-state index contributed by atoms with van der Waals surface area (Å²) in [5, 5.41) is 24.2. The summed E-state index contributed by atoms with van der Waals surface area (Å²) >= 11 is 6.03. The fourth-order valence-corrected chi connectivity index (χ4v) is 2.98. The fourth-order valence-electron chi connectivity index (χ4n) is 2.80. The van der Waals surface area contributed by atoms with Crippen molar-refractivity contribution in [1.82, 2.24) is 20.3 Å². The van der Waals surface area contributed by atoms with E-state index in [1.54, 1.807) is 25.2 Å². The first-order chi connectivity index (χ1) is 13.5. The maximum Gasteiger partial charge on any atom is 0.255 e. The number of hydrogen-bond acceptors (Lipinski definition) is 6. The topological polar surface area (TPSA) is 127 Å². The molecule has 0 aliphatic carbocycles. The Balaban J connectivity index is 1.98. The molecule has 1 unspecified atom stereocenters. The zero-order valence-electron chi connectivity index (χ0n) is 15.5. The van der Waals surface area contributed by atoms with Gasteiger partial charge in [-0.25, -0.2) is 9.97 Å². The van der Waals surface area contributed by atoms with Crippen LogP contribution in [0.1, 0.15) is 35.0 Å². The molecule has 0 aliphatic rings. The fraction of sp³-hybridized carbons (Fsp3) is 0.263. The molecule has 3 aromatic rings. The van der Waals surface area contributed by atoms with Crippen molar-refractivity contribution in [3.05, 3.63) is 52.4 Å². The van der Waals surface area contributed by atoms with E-state index in [-0.39, 0.29) is 24.3 Å². The Bertz CT molecular complexity index is 1030. The molecule has 0 saturated heterocycles. The minimum absolute atomic E-state index is 0.143. The summed E-state index contributed by atoms with van der Waals surface area (Å²) in [4.78, 5) is 24.2. The van der Waals surface area contributed by atoms with Gasteiger partial charge in [0.05, 0.1) is 30.1 Å². The number of halogens is 1. The number of benzene rings is 1. The van der Waals surface area contributed by atoms with Crippen molar-refractivity contribution in [1.29, 1.82) is 5.41 Å². The quantitative estimate of drug-likeness (QED) is 0.389. The average molecular weight is 401 g/mol. The summed E-state index contributed by atoms with van der Waals surface area (Å²) < 4.78 is 0. The van der Waals surface area contributed by atoms with Gasteiger partial charge in [-0.05, 0) is 24.6 Å². The number of fused-ring (bicyclic) bond motifs is 1. The van der Waals surface area contributed by atoms with Crippen LogP contribution in [0.15, 0.2) is 30.6 Å². The van der Waals surface area contributed by atoms with E-state index in [2.05, 4.69) is 25.6 Å². The lowest BCUT2D eigenvalue weighted by atomic mass is 10.1. The molecule has 2 heterocycles. The number of carbonyl (C=O) groups excluding carboxylic acids is 1. The molecule has 0 spiro atoms. The number of aliphatic hydroxyl groups excluding tert-OH is 1. The number of H-pyrrole nitrogens is 1. The van der Waals surface area contributed by atoms with Crippen LogP contribution in [-0.4, -0.2) is 51.4 Å². The van der Waals surface area contributed by atoms with Gasteiger partial charge in [0.1, 0.15) is 11.2 Å². The zero-order valence-corrected chi connectivity index (χ0v) is 16.3. The van der Waals surface area contributed by atoms with Crippen molar-refractivity contribution in [3.8, 4) is 0 Å². The highest BCUT2D eigenvalue weighted by Gasteiger charge is 2.19. The number of aromatic amines is 1. The van der Waals surface area contributed by atoms with Crippen molar-refractivity contribution < 1.29 is 9.90 Å². The Morgan fingerprint density at radius 1 is 1.39 bits per heavy atom. The van der Waals surface area contributed by atoms with Crippen LogP contribution < -0.4 is 10.6 Å². The first-order valence-electron chi connectivity index (χ1n) is 8.80. The van der Waals surface area contributed by atoms with Crippen molar-refractivity contribution in [2.45, 2.75) is 19.4 Å². The van der Waals surface area contributed by atoms with Crippen LogP contribution in [0.3, 0.4) is 0 Å². The van der Waals surface area contributed by atoms with Crippen molar-refractivity contribution in [2.75, 3.05) is 19.0 Å². The van der Waals surface area contributed by atoms with Crippen LogP contribution in [-0.2, 0) is 0 Å². The summed E-state index contributed by atoms with van der Waals surface area (Å²) in [5.41, 5.74) is 2.93. The molecule has 5 N–H and O–H groups in total. The number of nitrogens with zero attached hydrogens (tertiary/aromatic N) is 2. The van der Waals surface area contributed by atoms with Gasteiger partial charge in [0.15, 0.2) is 5.65 Å². The lowest BCUT2D eigenvalue weighted by molar-refractivity contribution is 0.0916. The average Bonchev–Trinajstić information content (AvgIpc) is 3.14. The van der Waals surface area contributed by atoms with E-state index in [0.717, 1.165) is 0 Å². The van der Waals surface area contributed by atoms with E-state index in [9.17, 15) is 9.90 Å². The smallest absolute Gasteiger partial charge is 0.255 e. The first kappa shape index (κ1) is 19.8. The number of amides is 1. The number of carbonyl (C=O) groups is 1. The predicted molar refractivity (Wildman–Crippen MR) is 109 cm³/mol. The van der Waals surface area contributed by atoms with Crippen LogP contribution in [0, 0.1) is 5.41 Å². The van der Waals surface area contributed by atoms with Crippen LogP contribution in [0.5, 0.6) is 0 Å². The molecule has 1 atom stereocenters. The summed E-state index contributed by atoms with van der Waals surface area (Å²) in [6.45, 7) is 1.73. The Hall–Kier alpha value is -2.97. The molecule has 2 aromatic heterocycles. The number of rotatable bonds is 7. The van der Waals surface area contributed by atoms with Crippen molar-refractivity contribution >= 4 is 40.1 Å². The normalized spacial score (nSPS) is 12.0. The molecule has 3 rings (SSSR count). The number of anilines is 1. The standard InChI is InChI=1S/C19H21ClN6O2/c1-3-11(9-27)25-19(28)13-7-23-18-17(13)26-15(8-24-18)16(21)12-5-4-10(20)6-14(12)22-2/h4-8,11,21-22,27H,3,9H2,1-2H3,(H,23,24)(H,25,28). The number of aliphatic hydroxyl groups is 1. The third-order valence-electron chi connectivity index (χ3n) is 4.45. The molecule has 146 valence electrons. The molecular formula is C19H21ClN6O2. The molecule has 0 bridgehead atoms. The third-order valence-corrected chi connectivity index (χ3v) is 4.69. The number of aromatic nitrogens is 3. The maximum atomic E-state index is 12.5. The lowest BCUT2D eigenvalue weighted by Gasteiger charge is -2.13. The minimum Gasteiger partial charge on any atom is -0.394 e. The molecule has 1 aromatic carbocycles. The Morgan fingerprint density at radius 3 is 2.86 bits per heavy atom. The Kier molecular flexibility index (Phi) is 5.91. The second kappa shape index (κ2) is 8.37. The van der Waals surface area contributed by atoms with Crippen LogP contribution >= 0.6 is 11.6 Å². The summed E-state index contributed by atoms with van der Waals surface area (Å²) in [6, 6.07) is 4.83. The van der Waals surface area contributed by atoms with E-state index in [4.69, 9.17) is 17.0 Å². The SMILES string of the molecule is CCC(CO)NC(=O)c1c[nH]c2ncc(C(=N)c3ccc(Cl)cc3NC)nc12. The van der Waals surface area contributed by atoms with Gasteiger partial charge in [-0.15, -0.1) is 0 Å². The van der Waals surface area contributed by atoms with Gasteiger partial charge in [0.2, 0.25) is 0 Å². The van der Waals surface area contributed by atoms with Crippen molar-refractivity contribution in [2.24, 2.45) is 0 Å². The highest BCUT2D eigenvalue weighted by Crippen LogP contribution is 2.23. The molecule has 28 heavy (non-hydrogen) atoms. The third kappa shape index (κ3) is 3.83. The molecule has 1 amide bonds. The van der Waals surface area contributed by atoms with Crippen molar-refractivity contribution in [3.63, 3.8) is 0 Å². The Morgan fingerprint density at radius 2 is 2.18 bits per heavy atom. The van der Waals surface area contributed by atoms with Gasteiger partial charge in [-0.2, -0.15) is 0 Å². The molecule has 0 aliphatic heterocycles. The largest absolute Gasteiger partial charge is 0.394 e. The van der Waals surface area contributed by atoms with Gasteiger partial charge in [0, 0.05) is 29.5 Å². The summed E-state index contributed by atoms with van der Waals surface area (Å²) in [5.74, 6) is -0.354. The van der Waals surface area contributed by atoms with Gasteiger partial charge >= 0.3 is 0 Å². The predicted octanol–water partition coefficient (Wildman–Crippen LogP) is 2.57. The molecule has 8 nitrogen and oxygen atoms in total. The number of nitrogens with one attached hydrogen (secondary N) is 4. The molecule has 0 saturated carbocycles. The minimum atomic E-state index is -0.354. The van der Waals surface area contributed by atoms with E-state index >= 15 is 0 Å². The van der Waals surface area contributed by atoms with Gasteiger partial charge in [-0.1, -0.05) is 18.5 Å². The lowest BCUT2D eigenvalue weighted by Crippen LogP contribution is -2.36. The van der Waals surface area contributed by atoms with Gasteiger partial charge in [-0.3, -0.25) is 10.2 Å². The monoisotopic (exact) mass is 400 g/mol. The maximum absolute atomic E-state index is 12.5. The number of hydrogen-bond donors (Lipinski definition) is 5. The molecule has 0 radical (unpaired) electrons.